The van der Waals surface area contributed by atoms with Gasteiger partial charge < -0.3 is 5.32 Å². The van der Waals surface area contributed by atoms with E-state index in [1.165, 1.54) is 16.0 Å². The van der Waals surface area contributed by atoms with Crippen LogP contribution in [0.1, 0.15) is 25.7 Å². The van der Waals surface area contributed by atoms with E-state index >= 15 is 0 Å². The second-order valence-electron chi connectivity index (χ2n) is 4.48. The highest BCUT2D eigenvalue weighted by Crippen LogP contribution is 2.20. The van der Waals surface area contributed by atoms with Crippen LogP contribution >= 0.6 is 22.9 Å². The lowest BCUT2D eigenvalue weighted by Crippen LogP contribution is -2.24. The number of halogens is 1. The molecule has 0 saturated heterocycles. The van der Waals surface area contributed by atoms with Crippen LogP contribution in [0.4, 0.5) is 0 Å². The van der Waals surface area contributed by atoms with Crippen LogP contribution in [0.2, 0.25) is 5.02 Å². The highest BCUT2D eigenvalue weighted by atomic mass is 35.5. The second kappa shape index (κ2) is 6.22. The molecule has 0 bridgehead atoms. The Bertz CT molecular complexity index is 555. The molecule has 0 aliphatic carbocycles. The van der Waals surface area contributed by atoms with Crippen LogP contribution in [-0.4, -0.2) is 12.5 Å². The molecule has 100 valence electrons. The van der Waals surface area contributed by atoms with Crippen LogP contribution in [0, 0.1) is 13.8 Å². The minimum absolute atomic E-state index is 0.00941. The van der Waals surface area contributed by atoms with Crippen molar-refractivity contribution in [2.24, 2.45) is 0 Å². The lowest BCUT2D eigenvalue weighted by atomic mass is 10.1. The zero-order valence-corrected chi connectivity index (χ0v) is 12.6. The third kappa shape index (κ3) is 3.82. The van der Waals surface area contributed by atoms with Crippen molar-refractivity contribution in [1.82, 2.24) is 5.32 Å². The third-order valence-electron chi connectivity index (χ3n) is 3.00. The van der Waals surface area contributed by atoms with E-state index in [1.54, 1.807) is 11.3 Å². The molecule has 2 nitrogen and oxygen atoms in total. The van der Waals surface area contributed by atoms with Crippen LogP contribution in [-0.2, 0) is 6.42 Å². The second-order valence-corrected chi connectivity index (χ2v) is 6.17. The number of hydrogen-bond acceptors (Lipinski definition) is 2. The van der Waals surface area contributed by atoms with Gasteiger partial charge in [-0.1, -0.05) is 23.7 Å². The number of nitrogens with one attached hydrogen (secondary N) is 1. The van der Waals surface area contributed by atoms with Gasteiger partial charge >= 0.3 is 0 Å². The summed E-state index contributed by atoms with van der Waals surface area (Å²) in [4.78, 5) is 13.9. The molecule has 0 aliphatic rings. The first-order valence-corrected chi connectivity index (χ1v) is 7.35. The maximum absolute atomic E-state index is 11.9. The summed E-state index contributed by atoms with van der Waals surface area (Å²) < 4.78 is 0. The maximum atomic E-state index is 11.9. The smallest absolute Gasteiger partial charge is 0.261 e. The maximum Gasteiger partial charge on any atom is 0.261 e. The fraction of sp³-hybridized carbons (Fsp3) is 0.267. The number of amides is 1. The number of benzene rings is 1. The summed E-state index contributed by atoms with van der Waals surface area (Å²) in [6.45, 7) is 4.69. The molecular formula is C15H16ClNOS. The van der Waals surface area contributed by atoms with Crippen molar-refractivity contribution in [3.05, 3.63) is 56.2 Å². The topological polar surface area (TPSA) is 29.1 Å². The molecule has 1 amide bonds. The molecule has 0 unspecified atom stereocenters. The van der Waals surface area contributed by atoms with E-state index in [9.17, 15) is 4.79 Å². The zero-order valence-electron chi connectivity index (χ0n) is 11.0. The molecule has 0 radical (unpaired) electrons. The Balaban J connectivity index is 1.85. The fourth-order valence-corrected chi connectivity index (χ4v) is 2.82. The monoisotopic (exact) mass is 293 g/mol. The molecule has 1 N–H and O–H groups in total. The fourth-order valence-electron chi connectivity index (χ4n) is 1.74. The van der Waals surface area contributed by atoms with E-state index in [4.69, 9.17) is 11.6 Å². The molecule has 0 atom stereocenters. The average molecular weight is 294 g/mol. The highest BCUT2D eigenvalue weighted by Gasteiger charge is 2.09. The van der Waals surface area contributed by atoms with Crippen molar-refractivity contribution >= 4 is 28.8 Å². The molecule has 0 fully saturated rings. The Hall–Kier alpha value is -1.32. The molecule has 19 heavy (non-hydrogen) atoms. The minimum Gasteiger partial charge on any atom is -0.351 e. The van der Waals surface area contributed by atoms with Crippen molar-refractivity contribution in [3.8, 4) is 0 Å². The van der Waals surface area contributed by atoms with Gasteiger partial charge in [0.15, 0.2) is 0 Å². The minimum atomic E-state index is 0.00941. The standard InChI is InChI=1S/C15H16ClNOS/c1-10-9-14(19-11(10)2)15(18)17-8-7-12-3-5-13(16)6-4-12/h3-6,9H,7-8H2,1-2H3,(H,17,18). The molecule has 0 aliphatic heterocycles. The molecule has 1 aromatic carbocycles. The van der Waals surface area contributed by atoms with Crippen molar-refractivity contribution in [3.63, 3.8) is 0 Å². The summed E-state index contributed by atoms with van der Waals surface area (Å²) in [5.74, 6) is 0.00941. The molecule has 4 heteroatoms. The van der Waals surface area contributed by atoms with E-state index < -0.39 is 0 Å². The first kappa shape index (κ1) is 14.1. The lowest BCUT2D eigenvalue weighted by Gasteiger charge is -2.04. The Morgan fingerprint density at radius 1 is 1.26 bits per heavy atom. The summed E-state index contributed by atoms with van der Waals surface area (Å²) in [5, 5.41) is 3.67. The van der Waals surface area contributed by atoms with Gasteiger partial charge in [-0.15, -0.1) is 11.3 Å². The van der Waals surface area contributed by atoms with Gasteiger partial charge in [0.2, 0.25) is 0 Å². The normalized spacial score (nSPS) is 10.5. The molecule has 1 aromatic heterocycles. The lowest BCUT2D eigenvalue weighted by molar-refractivity contribution is 0.0958. The number of aryl methyl sites for hydroxylation is 2. The summed E-state index contributed by atoms with van der Waals surface area (Å²) in [6, 6.07) is 9.63. The van der Waals surface area contributed by atoms with E-state index in [0.717, 1.165) is 16.3 Å². The summed E-state index contributed by atoms with van der Waals surface area (Å²) in [7, 11) is 0. The van der Waals surface area contributed by atoms with Gasteiger partial charge in [0.25, 0.3) is 5.91 Å². The average Bonchev–Trinajstić information content (AvgIpc) is 2.72. The molecular weight excluding hydrogens is 278 g/mol. The highest BCUT2D eigenvalue weighted by molar-refractivity contribution is 7.14. The van der Waals surface area contributed by atoms with Crippen molar-refractivity contribution in [2.45, 2.75) is 20.3 Å². The number of carbonyl (C=O) groups is 1. The van der Waals surface area contributed by atoms with Crippen molar-refractivity contribution in [1.29, 1.82) is 0 Å². The van der Waals surface area contributed by atoms with Crippen LogP contribution in [0.3, 0.4) is 0 Å². The van der Waals surface area contributed by atoms with E-state index in [0.29, 0.717) is 6.54 Å². The largest absolute Gasteiger partial charge is 0.351 e. The zero-order chi connectivity index (χ0) is 13.8. The number of rotatable bonds is 4. The van der Waals surface area contributed by atoms with Gasteiger partial charge in [-0.05, 0) is 49.6 Å². The number of carbonyl (C=O) groups excluding carboxylic acids is 1. The third-order valence-corrected chi connectivity index (χ3v) is 4.41. The van der Waals surface area contributed by atoms with Crippen LogP contribution < -0.4 is 5.32 Å². The van der Waals surface area contributed by atoms with Crippen LogP contribution in [0.25, 0.3) is 0 Å². The summed E-state index contributed by atoms with van der Waals surface area (Å²) in [6.07, 6.45) is 0.812. The predicted molar refractivity (Wildman–Crippen MR) is 81.3 cm³/mol. The summed E-state index contributed by atoms with van der Waals surface area (Å²) in [5.41, 5.74) is 2.34. The van der Waals surface area contributed by atoms with Gasteiger partial charge in [0, 0.05) is 16.4 Å². The Kier molecular flexibility index (Phi) is 4.61. The Morgan fingerprint density at radius 2 is 1.95 bits per heavy atom. The molecule has 2 rings (SSSR count). The Morgan fingerprint density at radius 3 is 2.53 bits per heavy atom. The molecule has 1 heterocycles. The van der Waals surface area contributed by atoms with Gasteiger partial charge in [0.1, 0.15) is 0 Å². The predicted octanol–water partition coefficient (Wildman–Crippen LogP) is 3.99. The molecule has 0 saturated carbocycles. The van der Waals surface area contributed by atoms with Gasteiger partial charge in [-0.3, -0.25) is 4.79 Å². The van der Waals surface area contributed by atoms with Gasteiger partial charge in [-0.25, -0.2) is 0 Å². The molecule has 2 aromatic rings. The summed E-state index contributed by atoms with van der Waals surface area (Å²) >= 11 is 7.37. The SMILES string of the molecule is Cc1cc(C(=O)NCCc2ccc(Cl)cc2)sc1C. The van der Waals surface area contributed by atoms with Crippen LogP contribution in [0.5, 0.6) is 0 Å². The first-order valence-electron chi connectivity index (χ1n) is 6.16. The van der Waals surface area contributed by atoms with E-state index in [2.05, 4.69) is 5.32 Å². The van der Waals surface area contributed by atoms with E-state index in [1.807, 2.05) is 44.2 Å². The number of hydrogen-bond donors (Lipinski definition) is 1. The van der Waals surface area contributed by atoms with Gasteiger partial charge in [0.05, 0.1) is 4.88 Å². The first-order chi connectivity index (χ1) is 9.06. The Labute approximate surface area is 122 Å². The quantitative estimate of drug-likeness (QED) is 0.907. The number of thiophene rings is 1. The van der Waals surface area contributed by atoms with Crippen LogP contribution in [0.15, 0.2) is 30.3 Å². The van der Waals surface area contributed by atoms with Gasteiger partial charge in [-0.2, -0.15) is 0 Å². The molecule has 0 spiro atoms. The van der Waals surface area contributed by atoms with E-state index in [-0.39, 0.29) is 5.91 Å². The van der Waals surface area contributed by atoms with Crippen molar-refractivity contribution in [2.75, 3.05) is 6.54 Å². The van der Waals surface area contributed by atoms with Crippen molar-refractivity contribution < 1.29 is 4.79 Å².